The molecule has 0 radical (unpaired) electrons. The Morgan fingerprint density at radius 2 is 1.25 bits per heavy atom. The number of aromatic carboxylic acids is 1. The molecule has 0 aromatic heterocycles. The van der Waals surface area contributed by atoms with Crippen LogP contribution in [0.4, 0.5) is 0 Å². The van der Waals surface area contributed by atoms with E-state index in [-0.39, 0.29) is 5.56 Å². The number of ether oxygens (including phenoxy) is 2. The molecule has 5 nitrogen and oxygen atoms in total. The van der Waals surface area contributed by atoms with E-state index in [0.717, 1.165) is 54.5 Å². The molecule has 0 aliphatic carbocycles. The van der Waals surface area contributed by atoms with Gasteiger partial charge < -0.3 is 19.0 Å². The highest BCUT2D eigenvalue weighted by atomic mass is 28.4. The van der Waals surface area contributed by atoms with Crippen molar-refractivity contribution in [3.05, 3.63) is 72.3 Å². The molecule has 0 heterocycles. The minimum atomic E-state index is -1.64. The third kappa shape index (κ3) is 10.1. The van der Waals surface area contributed by atoms with Crippen molar-refractivity contribution in [2.75, 3.05) is 19.8 Å². The number of rotatable bonds is 18. The molecule has 3 aromatic rings. The van der Waals surface area contributed by atoms with Crippen LogP contribution in [-0.4, -0.2) is 39.2 Å². The van der Waals surface area contributed by atoms with Gasteiger partial charge in [0.2, 0.25) is 0 Å². The van der Waals surface area contributed by atoms with Crippen molar-refractivity contribution in [3.63, 3.8) is 0 Å². The highest BCUT2D eigenvalue weighted by molar-refractivity contribution is 6.71. The fraction of sp³-hybridized carbons (Fsp3) is 0.441. The summed E-state index contributed by atoms with van der Waals surface area (Å²) in [6.07, 6.45) is 8.41. The Balaban J connectivity index is 1.60. The summed E-state index contributed by atoms with van der Waals surface area (Å²) in [6.45, 7) is 10.8. The number of hydrogen-bond donors (Lipinski definition) is 1. The molecule has 0 saturated carbocycles. The van der Waals surface area contributed by atoms with Gasteiger partial charge in [-0.1, -0.05) is 75.4 Å². The maximum atomic E-state index is 12.0. The average Bonchev–Trinajstić information content (AvgIpc) is 2.95. The lowest BCUT2D eigenvalue weighted by Gasteiger charge is -2.21. The molecule has 0 aliphatic heterocycles. The van der Waals surface area contributed by atoms with Crippen LogP contribution in [0.25, 0.3) is 22.3 Å². The van der Waals surface area contributed by atoms with Crippen LogP contribution < -0.4 is 9.47 Å². The summed E-state index contributed by atoms with van der Waals surface area (Å²) in [5, 5.41) is 9.79. The predicted octanol–water partition coefficient (Wildman–Crippen LogP) is 9.47. The van der Waals surface area contributed by atoms with Gasteiger partial charge in [0.1, 0.15) is 11.5 Å². The van der Waals surface area contributed by atoms with Crippen LogP contribution in [-0.2, 0) is 4.43 Å². The molecule has 0 amide bonds. The summed E-state index contributed by atoms with van der Waals surface area (Å²) in [5.74, 6) is 0.615. The first-order chi connectivity index (χ1) is 19.3. The van der Waals surface area contributed by atoms with Crippen LogP contribution in [0.5, 0.6) is 11.5 Å². The van der Waals surface area contributed by atoms with Gasteiger partial charge in [0.25, 0.3) is 0 Å². The van der Waals surface area contributed by atoms with Gasteiger partial charge in [-0.05, 0) is 91.5 Å². The van der Waals surface area contributed by atoms with Crippen molar-refractivity contribution in [3.8, 4) is 33.8 Å². The lowest BCUT2D eigenvalue weighted by Crippen LogP contribution is -2.30. The van der Waals surface area contributed by atoms with Crippen molar-refractivity contribution < 1.29 is 23.8 Å². The molecular formula is C34H46O5Si. The number of hydrogen-bond acceptors (Lipinski definition) is 4. The molecule has 216 valence electrons. The lowest BCUT2D eigenvalue weighted by molar-refractivity contribution is 0.0697. The largest absolute Gasteiger partial charge is 0.494 e. The van der Waals surface area contributed by atoms with Crippen molar-refractivity contribution in [1.29, 1.82) is 0 Å². The fourth-order valence-corrected chi connectivity index (χ4v) is 6.77. The zero-order chi connectivity index (χ0) is 28.8. The summed E-state index contributed by atoms with van der Waals surface area (Å²) >= 11 is 0. The number of carbonyl (C=O) groups is 1. The zero-order valence-electron chi connectivity index (χ0n) is 24.7. The van der Waals surface area contributed by atoms with E-state index in [0.29, 0.717) is 17.9 Å². The number of benzene rings is 3. The Morgan fingerprint density at radius 1 is 0.700 bits per heavy atom. The van der Waals surface area contributed by atoms with E-state index in [2.05, 4.69) is 32.2 Å². The normalized spacial score (nSPS) is 11.4. The Labute approximate surface area is 241 Å². The highest BCUT2D eigenvalue weighted by Gasteiger charge is 2.21. The number of carboxylic acids is 1. The van der Waals surface area contributed by atoms with Crippen LogP contribution in [0.3, 0.4) is 0 Å². The first kappa shape index (κ1) is 31.4. The molecule has 0 saturated heterocycles. The average molecular weight is 563 g/mol. The standard InChI is InChI=1S/C34H46O5Si/c1-5-7-8-9-10-11-23-37-30-19-17-28(18-20-30)27-13-15-29(16-14-27)33-26-31(21-22-32(33)34(35)36)38-24-12-25-40(3,4)39-6-2/h13-22,26H,5-12,23-25H2,1-4H3,(H,35,36). The van der Waals surface area contributed by atoms with Crippen LogP contribution in [0, 0.1) is 0 Å². The molecule has 40 heavy (non-hydrogen) atoms. The van der Waals surface area contributed by atoms with Crippen molar-refractivity contribution >= 4 is 14.3 Å². The minimum Gasteiger partial charge on any atom is -0.494 e. The topological polar surface area (TPSA) is 65.0 Å². The van der Waals surface area contributed by atoms with E-state index in [4.69, 9.17) is 13.9 Å². The van der Waals surface area contributed by atoms with E-state index in [1.54, 1.807) is 12.1 Å². The van der Waals surface area contributed by atoms with E-state index in [9.17, 15) is 9.90 Å². The van der Waals surface area contributed by atoms with E-state index in [1.165, 1.54) is 32.1 Å². The highest BCUT2D eigenvalue weighted by Crippen LogP contribution is 2.31. The molecule has 0 aliphatic rings. The van der Waals surface area contributed by atoms with Crippen molar-refractivity contribution in [2.24, 2.45) is 0 Å². The van der Waals surface area contributed by atoms with Crippen LogP contribution in [0.1, 0.15) is 69.2 Å². The summed E-state index contributed by atoms with van der Waals surface area (Å²) in [6, 6.07) is 22.4. The molecule has 1 N–H and O–H groups in total. The van der Waals surface area contributed by atoms with Gasteiger partial charge >= 0.3 is 5.97 Å². The third-order valence-electron chi connectivity index (χ3n) is 7.10. The van der Waals surface area contributed by atoms with Gasteiger partial charge in [0, 0.05) is 6.61 Å². The minimum absolute atomic E-state index is 0.261. The predicted molar refractivity (Wildman–Crippen MR) is 167 cm³/mol. The van der Waals surface area contributed by atoms with E-state index >= 15 is 0 Å². The third-order valence-corrected chi connectivity index (χ3v) is 9.73. The molecule has 6 heteroatoms. The van der Waals surface area contributed by atoms with Gasteiger partial charge in [0.05, 0.1) is 18.8 Å². The number of unbranched alkanes of at least 4 members (excludes halogenated alkanes) is 5. The molecular weight excluding hydrogens is 516 g/mol. The molecule has 0 bridgehead atoms. The summed E-state index contributed by atoms with van der Waals surface area (Å²) in [5.41, 5.74) is 3.91. The van der Waals surface area contributed by atoms with Gasteiger partial charge in [0.15, 0.2) is 8.32 Å². The van der Waals surface area contributed by atoms with Gasteiger partial charge in [-0.2, -0.15) is 0 Å². The maximum Gasteiger partial charge on any atom is 0.336 e. The first-order valence-electron chi connectivity index (χ1n) is 14.8. The van der Waals surface area contributed by atoms with E-state index in [1.807, 2.05) is 49.4 Å². The summed E-state index contributed by atoms with van der Waals surface area (Å²) in [7, 11) is -1.64. The Kier molecular flexibility index (Phi) is 12.8. The molecule has 0 atom stereocenters. The summed E-state index contributed by atoms with van der Waals surface area (Å²) in [4.78, 5) is 12.0. The second kappa shape index (κ2) is 16.2. The first-order valence-corrected chi connectivity index (χ1v) is 17.9. The van der Waals surface area contributed by atoms with Gasteiger partial charge in [-0.15, -0.1) is 0 Å². The molecule has 0 unspecified atom stereocenters. The molecule has 3 aromatic carbocycles. The Hall–Kier alpha value is -3.09. The summed E-state index contributed by atoms with van der Waals surface area (Å²) < 4.78 is 17.8. The molecule has 0 fully saturated rings. The second-order valence-electron chi connectivity index (χ2n) is 10.9. The van der Waals surface area contributed by atoms with Crippen molar-refractivity contribution in [1.82, 2.24) is 0 Å². The second-order valence-corrected chi connectivity index (χ2v) is 15.2. The Bertz CT molecular complexity index is 1170. The molecule has 3 rings (SSSR count). The smallest absolute Gasteiger partial charge is 0.336 e. The van der Waals surface area contributed by atoms with Crippen LogP contribution >= 0.6 is 0 Å². The monoisotopic (exact) mass is 562 g/mol. The van der Waals surface area contributed by atoms with Gasteiger partial charge in [-0.25, -0.2) is 4.79 Å². The van der Waals surface area contributed by atoms with Gasteiger partial charge in [-0.3, -0.25) is 0 Å². The Morgan fingerprint density at radius 3 is 1.90 bits per heavy atom. The van der Waals surface area contributed by atoms with E-state index < -0.39 is 14.3 Å². The lowest BCUT2D eigenvalue weighted by atomic mass is 9.96. The number of carboxylic acid groups (broad SMARTS) is 1. The van der Waals surface area contributed by atoms with Crippen LogP contribution in [0.2, 0.25) is 19.1 Å². The SMILES string of the molecule is CCCCCCCCOc1ccc(-c2ccc(-c3cc(OCCC[Si](C)(C)OCC)ccc3C(=O)O)cc2)cc1. The van der Waals surface area contributed by atoms with Crippen molar-refractivity contribution in [2.45, 2.75) is 77.9 Å². The molecule has 0 spiro atoms. The zero-order valence-corrected chi connectivity index (χ0v) is 25.7. The fourth-order valence-electron chi connectivity index (χ4n) is 4.85. The van der Waals surface area contributed by atoms with Crippen LogP contribution in [0.15, 0.2) is 66.7 Å². The quantitative estimate of drug-likeness (QED) is 0.124. The maximum absolute atomic E-state index is 12.0.